The Morgan fingerprint density at radius 2 is 1.93 bits per heavy atom. The summed E-state index contributed by atoms with van der Waals surface area (Å²) in [5, 5.41) is 0. The zero-order chi connectivity index (χ0) is 20.4. The minimum absolute atomic E-state index is 0.146. The van der Waals surface area contributed by atoms with Crippen LogP contribution in [0.3, 0.4) is 0 Å². The molecule has 6 heteroatoms. The van der Waals surface area contributed by atoms with Gasteiger partial charge in [0.15, 0.2) is 5.96 Å². The van der Waals surface area contributed by atoms with Gasteiger partial charge in [0.1, 0.15) is 17.5 Å². The second-order valence-electron chi connectivity index (χ2n) is 6.93. The van der Waals surface area contributed by atoms with Crippen molar-refractivity contribution in [3.63, 3.8) is 0 Å². The molecule has 1 amide bonds. The summed E-state index contributed by atoms with van der Waals surface area (Å²) in [5.74, 6) is 1.60. The third kappa shape index (κ3) is 3.57. The molecule has 0 aliphatic carbocycles. The molecule has 0 radical (unpaired) electrons. The Balaban J connectivity index is 1.85. The van der Waals surface area contributed by atoms with E-state index in [1.165, 1.54) is 10.5 Å². The normalized spacial score (nSPS) is 15.1. The van der Waals surface area contributed by atoms with Crippen LogP contribution >= 0.6 is 0 Å². The number of benzene rings is 2. The summed E-state index contributed by atoms with van der Waals surface area (Å²) < 4.78 is 6.10. The number of nitrogens with zero attached hydrogens (tertiary/aromatic N) is 3. The topological polar surface area (TPSA) is 80.8 Å². The van der Waals surface area contributed by atoms with Gasteiger partial charge in [-0.05, 0) is 41.8 Å². The van der Waals surface area contributed by atoms with Gasteiger partial charge in [-0.1, -0.05) is 31.2 Å². The first-order valence-electron chi connectivity index (χ1n) is 9.47. The number of pyridine rings is 1. The number of fused-ring (bicyclic) bond motifs is 2. The summed E-state index contributed by atoms with van der Waals surface area (Å²) in [6.45, 7) is 2.11. The van der Waals surface area contributed by atoms with Crippen molar-refractivity contribution in [2.24, 2.45) is 10.7 Å². The number of rotatable bonds is 4. The minimum atomic E-state index is -0.375. The van der Waals surface area contributed by atoms with E-state index in [1.54, 1.807) is 7.05 Å². The number of carbonyl (C=O) groups excluding carboxylic acids is 1. The number of guanidine groups is 1. The molecule has 146 valence electrons. The Kier molecular flexibility index (Phi) is 4.99. The predicted molar refractivity (Wildman–Crippen MR) is 113 cm³/mol. The molecule has 1 atom stereocenters. The molecule has 29 heavy (non-hydrogen) atoms. The van der Waals surface area contributed by atoms with Crippen molar-refractivity contribution in [2.75, 3.05) is 7.05 Å². The molecule has 0 saturated heterocycles. The Hall–Kier alpha value is -3.67. The number of hydrogen-bond acceptors (Lipinski definition) is 4. The molecule has 0 fully saturated rings. The number of para-hydroxylation sites is 1. The fourth-order valence-electron chi connectivity index (χ4n) is 3.38. The first-order chi connectivity index (χ1) is 14.1. The van der Waals surface area contributed by atoms with Crippen molar-refractivity contribution < 1.29 is 9.53 Å². The van der Waals surface area contributed by atoms with Crippen LogP contribution in [0.5, 0.6) is 11.5 Å². The lowest BCUT2D eigenvalue weighted by molar-refractivity contribution is -0.114. The highest BCUT2D eigenvalue weighted by atomic mass is 16.5. The molecule has 4 rings (SSSR count). The standard InChI is InChI=1S/C23H22N4O2/c1-3-15-10-17(13-25-12-15)16-8-9-21-19(11-16)22(26-23(24)27(2)14-28)18-6-4-5-7-20(18)29-21/h4-14,22H,3H2,1-2H3,(H2,24,26). The number of nitrogens with two attached hydrogens (primary N) is 1. The van der Waals surface area contributed by atoms with E-state index in [9.17, 15) is 4.79 Å². The summed E-state index contributed by atoms with van der Waals surface area (Å²) in [6, 6.07) is 15.5. The van der Waals surface area contributed by atoms with Gasteiger partial charge in [-0.2, -0.15) is 0 Å². The maximum absolute atomic E-state index is 11.1. The van der Waals surface area contributed by atoms with Gasteiger partial charge in [0.2, 0.25) is 6.41 Å². The van der Waals surface area contributed by atoms with Crippen LogP contribution in [0.1, 0.15) is 29.7 Å². The van der Waals surface area contributed by atoms with E-state index >= 15 is 0 Å². The maximum atomic E-state index is 11.1. The van der Waals surface area contributed by atoms with Crippen molar-refractivity contribution in [1.29, 1.82) is 0 Å². The van der Waals surface area contributed by atoms with Crippen LogP contribution in [0.2, 0.25) is 0 Å². The van der Waals surface area contributed by atoms with E-state index in [4.69, 9.17) is 10.5 Å². The third-order valence-corrected chi connectivity index (χ3v) is 5.06. The monoisotopic (exact) mass is 386 g/mol. The molecular weight excluding hydrogens is 364 g/mol. The molecule has 1 aliphatic rings. The smallest absolute Gasteiger partial charge is 0.216 e. The predicted octanol–water partition coefficient (Wildman–Crippen LogP) is 3.91. The Morgan fingerprint density at radius 3 is 2.72 bits per heavy atom. The van der Waals surface area contributed by atoms with Crippen molar-refractivity contribution in [2.45, 2.75) is 19.4 Å². The number of carbonyl (C=O) groups is 1. The molecule has 1 aromatic heterocycles. The third-order valence-electron chi connectivity index (χ3n) is 5.06. The Labute approximate surface area is 169 Å². The van der Waals surface area contributed by atoms with Crippen LogP contribution in [-0.4, -0.2) is 29.3 Å². The van der Waals surface area contributed by atoms with Crippen LogP contribution in [0.15, 0.2) is 65.9 Å². The van der Waals surface area contributed by atoms with Crippen molar-refractivity contribution in [3.8, 4) is 22.6 Å². The van der Waals surface area contributed by atoms with Gasteiger partial charge in [0, 0.05) is 36.1 Å². The van der Waals surface area contributed by atoms with E-state index in [0.717, 1.165) is 40.2 Å². The highest BCUT2D eigenvalue weighted by Gasteiger charge is 2.28. The average molecular weight is 386 g/mol. The van der Waals surface area contributed by atoms with Gasteiger partial charge in [-0.15, -0.1) is 0 Å². The van der Waals surface area contributed by atoms with Gasteiger partial charge >= 0.3 is 0 Å². The summed E-state index contributed by atoms with van der Waals surface area (Å²) >= 11 is 0. The molecule has 2 heterocycles. The van der Waals surface area contributed by atoms with Gasteiger partial charge in [-0.25, -0.2) is 4.99 Å². The molecule has 3 aromatic rings. The van der Waals surface area contributed by atoms with Crippen LogP contribution in [0.4, 0.5) is 0 Å². The largest absolute Gasteiger partial charge is 0.457 e. The first kappa shape index (κ1) is 18.7. The number of aliphatic imine (C=N–C) groups is 1. The molecule has 0 spiro atoms. The number of ether oxygens (including phenoxy) is 1. The number of aryl methyl sites for hydroxylation is 1. The lowest BCUT2D eigenvalue weighted by Crippen LogP contribution is -2.33. The summed E-state index contributed by atoms with van der Waals surface area (Å²) in [4.78, 5) is 21.4. The SMILES string of the molecule is CCc1cncc(-c2ccc3c(c2)C(/N=C(/N)N(C)C=O)c2ccccc2O3)c1. The number of hydrogen-bond donors (Lipinski definition) is 1. The van der Waals surface area contributed by atoms with Crippen molar-refractivity contribution >= 4 is 12.4 Å². The lowest BCUT2D eigenvalue weighted by Gasteiger charge is -2.27. The van der Waals surface area contributed by atoms with E-state index in [1.807, 2.05) is 48.8 Å². The first-order valence-corrected chi connectivity index (χ1v) is 9.47. The molecule has 6 nitrogen and oxygen atoms in total. The summed E-state index contributed by atoms with van der Waals surface area (Å²) in [6.07, 6.45) is 5.29. The molecular formula is C23H22N4O2. The highest BCUT2D eigenvalue weighted by molar-refractivity contribution is 5.87. The summed E-state index contributed by atoms with van der Waals surface area (Å²) in [5.41, 5.74) is 11.1. The lowest BCUT2D eigenvalue weighted by atomic mass is 9.92. The second-order valence-corrected chi connectivity index (χ2v) is 6.93. The second kappa shape index (κ2) is 7.75. The molecule has 2 N–H and O–H groups in total. The van der Waals surface area contributed by atoms with E-state index in [0.29, 0.717) is 6.41 Å². The van der Waals surface area contributed by atoms with Gasteiger partial charge in [0.25, 0.3) is 0 Å². The molecule has 0 bridgehead atoms. The van der Waals surface area contributed by atoms with Gasteiger partial charge in [0.05, 0.1) is 0 Å². The van der Waals surface area contributed by atoms with Crippen molar-refractivity contribution in [3.05, 3.63) is 77.6 Å². The fraction of sp³-hybridized carbons (Fsp3) is 0.174. The summed E-state index contributed by atoms with van der Waals surface area (Å²) in [7, 11) is 1.58. The van der Waals surface area contributed by atoms with Crippen LogP contribution in [0.25, 0.3) is 11.1 Å². The van der Waals surface area contributed by atoms with Crippen LogP contribution in [0, 0.1) is 0 Å². The average Bonchev–Trinajstić information content (AvgIpc) is 2.78. The maximum Gasteiger partial charge on any atom is 0.216 e. The molecule has 1 unspecified atom stereocenters. The number of amides is 1. The quantitative estimate of drug-likeness (QED) is 0.419. The molecule has 1 aliphatic heterocycles. The number of aromatic nitrogens is 1. The van der Waals surface area contributed by atoms with Crippen LogP contribution < -0.4 is 10.5 Å². The van der Waals surface area contributed by atoms with E-state index < -0.39 is 0 Å². The van der Waals surface area contributed by atoms with E-state index in [-0.39, 0.29) is 12.0 Å². The zero-order valence-electron chi connectivity index (χ0n) is 16.4. The van der Waals surface area contributed by atoms with Gasteiger partial charge in [-0.3, -0.25) is 14.7 Å². The Morgan fingerprint density at radius 1 is 1.14 bits per heavy atom. The van der Waals surface area contributed by atoms with Crippen molar-refractivity contribution in [1.82, 2.24) is 9.88 Å². The fourth-order valence-corrected chi connectivity index (χ4v) is 3.38. The molecule has 2 aromatic carbocycles. The Bertz CT molecular complexity index is 1090. The zero-order valence-corrected chi connectivity index (χ0v) is 16.4. The highest BCUT2D eigenvalue weighted by Crippen LogP contribution is 2.46. The molecule has 0 saturated carbocycles. The van der Waals surface area contributed by atoms with Crippen LogP contribution in [-0.2, 0) is 11.2 Å². The van der Waals surface area contributed by atoms with E-state index in [2.05, 4.69) is 29.0 Å². The van der Waals surface area contributed by atoms with Gasteiger partial charge < -0.3 is 10.5 Å². The minimum Gasteiger partial charge on any atom is -0.457 e.